The van der Waals surface area contributed by atoms with Crippen molar-refractivity contribution in [2.45, 2.75) is 78.1 Å². The molecule has 1 rings (SSSR count). The number of aryl methyl sites for hydroxylation is 2. The van der Waals surface area contributed by atoms with Gasteiger partial charge in [0.05, 0.1) is 12.5 Å². The zero-order valence-corrected chi connectivity index (χ0v) is 18.3. The summed E-state index contributed by atoms with van der Waals surface area (Å²) in [5.74, 6) is -0.586. The Hall–Kier alpha value is -1.29. The molecule has 0 aliphatic heterocycles. The minimum Gasteiger partial charge on any atom is -0.466 e. The van der Waals surface area contributed by atoms with Crippen LogP contribution in [0.5, 0.6) is 0 Å². The first-order valence-electron chi connectivity index (χ1n) is 10.6. The van der Waals surface area contributed by atoms with Crippen molar-refractivity contribution in [1.82, 2.24) is 0 Å². The molecule has 0 radical (unpaired) electrons. The molecule has 6 heteroatoms. The summed E-state index contributed by atoms with van der Waals surface area (Å²) in [7, 11) is -2.63. The van der Waals surface area contributed by atoms with Crippen molar-refractivity contribution in [3.05, 3.63) is 35.4 Å². The highest BCUT2D eigenvalue weighted by atomic mass is 31.1. The predicted molar refractivity (Wildman–Crippen MR) is 112 cm³/mol. The molecule has 1 aromatic carbocycles. The van der Waals surface area contributed by atoms with E-state index in [0.29, 0.717) is 19.4 Å². The van der Waals surface area contributed by atoms with E-state index in [1.165, 1.54) is 49.7 Å². The summed E-state index contributed by atoms with van der Waals surface area (Å²) in [6.45, 7) is 4.42. The van der Waals surface area contributed by atoms with Gasteiger partial charge in [-0.25, -0.2) is 0 Å². The van der Waals surface area contributed by atoms with Gasteiger partial charge in [0.25, 0.3) is 0 Å². The third-order valence-corrected chi connectivity index (χ3v) is 5.31. The molecule has 0 saturated carbocycles. The summed E-state index contributed by atoms with van der Waals surface area (Å²) < 4.78 is 20.5. The standard InChI is InChI=1S/C22H35O5P/c1-3-5-6-7-8-9-10-19-11-13-20(14-12-19)15-16-21(22(23)26-4-2)17-18-27-28(24)25/h11-14,21H,3-10,15-18H2,1-2H3/p+1. The average molecular weight is 411 g/mol. The Morgan fingerprint density at radius 2 is 1.57 bits per heavy atom. The first-order valence-corrected chi connectivity index (χ1v) is 11.7. The number of rotatable bonds is 16. The van der Waals surface area contributed by atoms with Crippen LogP contribution >= 0.6 is 8.25 Å². The van der Waals surface area contributed by atoms with Crippen LogP contribution in [0.3, 0.4) is 0 Å². The van der Waals surface area contributed by atoms with E-state index in [1.807, 2.05) is 0 Å². The summed E-state index contributed by atoms with van der Waals surface area (Å²) in [5.41, 5.74) is 2.55. The van der Waals surface area contributed by atoms with Gasteiger partial charge in [-0.2, -0.15) is 0 Å². The Kier molecular flexibility index (Phi) is 13.8. The van der Waals surface area contributed by atoms with E-state index in [9.17, 15) is 9.36 Å². The van der Waals surface area contributed by atoms with Crippen molar-refractivity contribution < 1.29 is 23.5 Å². The number of carbonyl (C=O) groups excluding carboxylic acids is 1. The molecule has 0 bridgehead atoms. The number of carbonyl (C=O) groups is 1. The molecule has 0 aliphatic rings. The van der Waals surface area contributed by atoms with Crippen LogP contribution in [0.1, 0.15) is 76.3 Å². The molecule has 28 heavy (non-hydrogen) atoms. The molecule has 0 aromatic heterocycles. The van der Waals surface area contributed by atoms with Crippen molar-refractivity contribution >= 4 is 14.2 Å². The number of hydrogen-bond donors (Lipinski definition) is 1. The molecule has 1 aromatic rings. The van der Waals surface area contributed by atoms with Crippen molar-refractivity contribution in [2.24, 2.45) is 5.92 Å². The highest BCUT2D eigenvalue weighted by molar-refractivity contribution is 7.32. The quantitative estimate of drug-likeness (QED) is 0.213. The number of ether oxygens (including phenoxy) is 1. The van der Waals surface area contributed by atoms with E-state index in [1.54, 1.807) is 6.92 Å². The van der Waals surface area contributed by atoms with Crippen molar-refractivity contribution in [1.29, 1.82) is 0 Å². The fourth-order valence-corrected chi connectivity index (χ4v) is 3.50. The average Bonchev–Trinajstić information content (AvgIpc) is 2.68. The minimum atomic E-state index is -2.63. The molecule has 158 valence electrons. The molecule has 0 heterocycles. The SMILES string of the molecule is CCCCCCCCc1ccc(CCC(CCO[P+](=O)O)C(=O)OCC)cc1. The van der Waals surface area contributed by atoms with Gasteiger partial charge >= 0.3 is 14.2 Å². The topological polar surface area (TPSA) is 72.8 Å². The number of benzene rings is 1. The molecular weight excluding hydrogens is 375 g/mol. The van der Waals surface area contributed by atoms with Gasteiger partial charge in [-0.05, 0) is 50.2 Å². The fraction of sp³-hybridized carbons (Fsp3) is 0.682. The van der Waals surface area contributed by atoms with Gasteiger partial charge in [0.1, 0.15) is 6.61 Å². The van der Waals surface area contributed by atoms with Gasteiger partial charge in [-0.3, -0.25) is 4.79 Å². The summed E-state index contributed by atoms with van der Waals surface area (Å²) in [6.07, 6.45) is 10.7. The van der Waals surface area contributed by atoms with Crippen LogP contribution in [-0.4, -0.2) is 24.1 Å². The molecule has 2 unspecified atom stereocenters. The van der Waals surface area contributed by atoms with Gasteiger partial charge in [0.2, 0.25) is 0 Å². The van der Waals surface area contributed by atoms with Crippen LogP contribution in [0, 0.1) is 5.92 Å². The largest absolute Gasteiger partial charge is 0.694 e. The maximum absolute atomic E-state index is 12.1. The van der Waals surface area contributed by atoms with Gasteiger partial charge in [0, 0.05) is 4.57 Å². The van der Waals surface area contributed by atoms with Crippen molar-refractivity contribution in [3.63, 3.8) is 0 Å². The lowest BCUT2D eigenvalue weighted by molar-refractivity contribution is -0.148. The third kappa shape index (κ3) is 11.5. The van der Waals surface area contributed by atoms with Crippen LogP contribution in [0.2, 0.25) is 0 Å². The first-order chi connectivity index (χ1) is 13.6. The van der Waals surface area contributed by atoms with Crippen molar-refractivity contribution in [3.8, 4) is 0 Å². The van der Waals surface area contributed by atoms with Gasteiger partial charge in [0.15, 0.2) is 0 Å². The molecule has 0 saturated heterocycles. The van der Waals surface area contributed by atoms with E-state index in [2.05, 4.69) is 31.2 Å². The normalized spacial score (nSPS) is 12.6. The summed E-state index contributed by atoms with van der Waals surface area (Å²) in [4.78, 5) is 20.8. The first kappa shape index (κ1) is 24.7. The monoisotopic (exact) mass is 411 g/mol. The summed E-state index contributed by atoms with van der Waals surface area (Å²) >= 11 is 0. The van der Waals surface area contributed by atoms with Gasteiger partial charge < -0.3 is 4.74 Å². The third-order valence-electron chi connectivity index (χ3n) is 4.91. The molecule has 0 spiro atoms. The second-order valence-electron chi connectivity index (χ2n) is 7.18. The van der Waals surface area contributed by atoms with Crippen LogP contribution in [-0.2, 0) is 31.5 Å². The molecule has 5 nitrogen and oxygen atoms in total. The Labute approximate surface area is 170 Å². The van der Waals surface area contributed by atoms with E-state index >= 15 is 0 Å². The fourth-order valence-electron chi connectivity index (χ4n) is 3.24. The van der Waals surface area contributed by atoms with Crippen LogP contribution in [0.15, 0.2) is 24.3 Å². The Bertz CT molecular complexity index is 559. The highest BCUT2D eigenvalue weighted by Crippen LogP contribution is 2.20. The predicted octanol–water partition coefficient (Wildman–Crippen LogP) is 5.76. The summed E-state index contributed by atoms with van der Waals surface area (Å²) in [6, 6.07) is 8.63. The maximum Gasteiger partial charge on any atom is 0.694 e. The van der Waals surface area contributed by atoms with Crippen LogP contribution < -0.4 is 0 Å². The maximum atomic E-state index is 12.1. The van der Waals surface area contributed by atoms with E-state index in [0.717, 1.165) is 12.8 Å². The second-order valence-corrected chi connectivity index (χ2v) is 7.92. The van der Waals surface area contributed by atoms with Crippen LogP contribution in [0.4, 0.5) is 0 Å². The Morgan fingerprint density at radius 3 is 2.18 bits per heavy atom. The van der Waals surface area contributed by atoms with E-state index < -0.39 is 8.25 Å². The molecule has 0 amide bonds. The van der Waals surface area contributed by atoms with Gasteiger partial charge in [-0.1, -0.05) is 63.3 Å². The molecule has 0 aliphatic carbocycles. The minimum absolute atomic E-state index is 0.0758. The lowest BCUT2D eigenvalue weighted by Crippen LogP contribution is -2.20. The van der Waals surface area contributed by atoms with Crippen LogP contribution in [0.25, 0.3) is 0 Å². The zero-order chi connectivity index (χ0) is 20.6. The molecule has 0 fully saturated rings. The molecule has 1 N–H and O–H groups in total. The smallest absolute Gasteiger partial charge is 0.466 e. The Morgan fingerprint density at radius 1 is 0.964 bits per heavy atom. The number of esters is 1. The molecule has 2 atom stereocenters. The second kappa shape index (κ2) is 15.6. The lowest BCUT2D eigenvalue weighted by Gasteiger charge is -2.14. The zero-order valence-electron chi connectivity index (χ0n) is 17.4. The van der Waals surface area contributed by atoms with E-state index in [4.69, 9.17) is 14.2 Å². The number of hydrogen-bond acceptors (Lipinski definition) is 4. The number of unbranched alkanes of at least 4 members (excludes halogenated alkanes) is 5. The lowest BCUT2D eigenvalue weighted by atomic mass is 9.96. The molecular formula is C22H36O5P+. The highest BCUT2D eigenvalue weighted by Gasteiger charge is 2.22. The van der Waals surface area contributed by atoms with Crippen molar-refractivity contribution in [2.75, 3.05) is 13.2 Å². The summed E-state index contributed by atoms with van der Waals surface area (Å²) in [5, 5.41) is 0. The van der Waals surface area contributed by atoms with E-state index in [-0.39, 0.29) is 18.5 Å². The Balaban J connectivity index is 2.40. The van der Waals surface area contributed by atoms with Gasteiger partial charge in [-0.15, -0.1) is 9.42 Å².